The Morgan fingerprint density at radius 1 is 0.750 bits per heavy atom. The average Bonchev–Trinajstić information content (AvgIpc) is 3.17. The Morgan fingerprint density at radius 2 is 1.42 bits per heavy atom. The van der Waals surface area contributed by atoms with E-state index in [0.717, 1.165) is 44.5 Å². The standard InChI is InChI=1S/C30H32N4O2/c35-29-27-17-8-7-16-26(27)28(31-34(29)23-25-13-5-2-6-14-25)30(36)33-20-10-19-32(21-22-33)18-9-15-24-11-3-1-4-12-24/h1-8,11-14,16-17H,9-10,15,18-23H2. The third kappa shape index (κ3) is 5.55. The van der Waals surface area contributed by atoms with Crippen molar-refractivity contribution in [3.8, 4) is 0 Å². The number of fused-ring (bicyclic) bond motifs is 1. The lowest BCUT2D eigenvalue weighted by molar-refractivity contribution is 0.0755. The minimum Gasteiger partial charge on any atom is -0.336 e. The molecule has 36 heavy (non-hydrogen) atoms. The SMILES string of the molecule is O=C(c1nn(Cc2ccccc2)c(=O)c2ccccc12)N1CCCN(CCCc2ccccc2)CC1. The maximum Gasteiger partial charge on any atom is 0.274 e. The van der Waals surface area contributed by atoms with E-state index in [1.165, 1.54) is 10.2 Å². The highest BCUT2D eigenvalue weighted by Gasteiger charge is 2.24. The van der Waals surface area contributed by atoms with Crippen LogP contribution in [0, 0.1) is 0 Å². The van der Waals surface area contributed by atoms with Crippen LogP contribution in [0.2, 0.25) is 0 Å². The Balaban J connectivity index is 1.31. The van der Waals surface area contributed by atoms with Crippen molar-refractivity contribution in [2.24, 2.45) is 0 Å². The van der Waals surface area contributed by atoms with Gasteiger partial charge in [-0.15, -0.1) is 0 Å². The van der Waals surface area contributed by atoms with Crippen molar-refractivity contribution in [2.75, 3.05) is 32.7 Å². The maximum atomic E-state index is 13.7. The van der Waals surface area contributed by atoms with E-state index in [1.807, 2.05) is 53.4 Å². The van der Waals surface area contributed by atoms with E-state index >= 15 is 0 Å². The van der Waals surface area contributed by atoms with Gasteiger partial charge in [0.15, 0.2) is 5.69 Å². The molecule has 1 fully saturated rings. The number of benzene rings is 3. The Bertz CT molecular complexity index is 1370. The van der Waals surface area contributed by atoms with Crippen LogP contribution in [0.25, 0.3) is 10.8 Å². The molecule has 0 atom stereocenters. The molecule has 5 rings (SSSR count). The Labute approximate surface area is 211 Å². The summed E-state index contributed by atoms with van der Waals surface area (Å²) in [5.41, 5.74) is 2.53. The van der Waals surface area contributed by atoms with Gasteiger partial charge in [-0.3, -0.25) is 9.59 Å². The van der Waals surface area contributed by atoms with Crippen molar-refractivity contribution < 1.29 is 4.79 Å². The lowest BCUT2D eigenvalue weighted by Crippen LogP contribution is -2.37. The largest absolute Gasteiger partial charge is 0.336 e. The second kappa shape index (κ2) is 11.3. The lowest BCUT2D eigenvalue weighted by Gasteiger charge is -2.22. The predicted octanol–water partition coefficient (Wildman–Crippen LogP) is 4.23. The second-order valence-electron chi connectivity index (χ2n) is 9.42. The number of hydrogen-bond acceptors (Lipinski definition) is 4. The molecule has 3 aromatic carbocycles. The van der Waals surface area contributed by atoms with Gasteiger partial charge < -0.3 is 9.80 Å². The van der Waals surface area contributed by atoms with E-state index in [9.17, 15) is 9.59 Å². The van der Waals surface area contributed by atoms with Crippen LogP contribution in [0.1, 0.15) is 34.5 Å². The number of amides is 1. The van der Waals surface area contributed by atoms with Crippen LogP contribution in [-0.4, -0.2) is 58.2 Å². The second-order valence-corrected chi connectivity index (χ2v) is 9.42. The molecule has 1 amide bonds. The van der Waals surface area contributed by atoms with Gasteiger partial charge in [0.05, 0.1) is 11.9 Å². The van der Waals surface area contributed by atoms with E-state index in [1.54, 1.807) is 6.07 Å². The number of hydrogen-bond donors (Lipinski definition) is 0. The topological polar surface area (TPSA) is 58.4 Å². The molecule has 0 radical (unpaired) electrons. The summed E-state index contributed by atoms with van der Waals surface area (Å²) in [6.07, 6.45) is 3.10. The van der Waals surface area contributed by atoms with Crippen LogP contribution in [0.5, 0.6) is 0 Å². The van der Waals surface area contributed by atoms with Crippen molar-refractivity contribution in [2.45, 2.75) is 25.8 Å². The number of aromatic nitrogens is 2. The summed E-state index contributed by atoms with van der Waals surface area (Å²) < 4.78 is 1.43. The quantitative estimate of drug-likeness (QED) is 0.397. The predicted molar refractivity (Wildman–Crippen MR) is 143 cm³/mol. The van der Waals surface area contributed by atoms with E-state index < -0.39 is 0 Å². The smallest absolute Gasteiger partial charge is 0.274 e. The van der Waals surface area contributed by atoms with Gasteiger partial charge in [0.25, 0.3) is 11.5 Å². The molecule has 1 aromatic heterocycles. The van der Waals surface area contributed by atoms with E-state index in [-0.39, 0.29) is 11.5 Å². The van der Waals surface area contributed by atoms with E-state index in [0.29, 0.717) is 36.1 Å². The monoisotopic (exact) mass is 480 g/mol. The molecule has 4 aromatic rings. The zero-order valence-corrected chi connectivity index (χ0v) is 20.6. The minimum atomic E-state index is -0.175. The first kappa shape index (κ1) is 23.9. The molecule has 0 N–H and O–H groups in total. The summed E-state index contributed by atoms with van der Waals surface area (Å²) in [6, 6.07) is 27.7. The summed E-state index contributed by atoms with van der Waals surface area (Å²) in [4.78, 5) is 31.2. The fourth-order valence-electron chi connectivity index (χ4n) is 4.96. The summed E-state index contributed by atoms with van der Waals surface area (Å²) in [6.45, 7) is 4.56. The number of carbonyl (C=O) groups is 1. The molecule has 0 unspecified atom stereocenters. The fourth-order valence-corrected chi connectivity index (χ4v) is 4.96. The zero-order chi connectivity index (χ0) is 24.7. The fraction of sp³-hybridized carbons (Fsp3) is 0.300. The van der Waals surface area contributed by atoms with Crippen molar-refractivity contribution in [1.29, 1.82) is 0 Å². The molecule has 0 saturated carbocycles. The molecule has 0 bridgehead atoms. The molecule has 1 aliphatic heterocycles. The molecule has 0 aliphatic carbocycles. The minimum absolute atomic E-state index is 0.0980. The lowest BCUT2D eigenvalue weighted by atomic mass is 10.1. The van der Waals surface area contributed by atoms with Gasteiger partial charge in [-0.05, 0) is 49.5 Å². The molecule has 1 aliphatic rings. The first-order chi connectivity index (χ1) is 17.7. The summed E-state index contributed by atoms with van der Waals surface area (Å²) >= 11 is 0. The Morgan fingerprint density at radius 3 is 2.17 bits per heavy atom. The van der Waals surface area contributed by atoms with Gasteiger partial charge in [-0.1, -0.05) is 78.9 Å². The summed E-state index contributed by atoms with van der Waals surface area (Å²) in [7, 11) is 0. The Hall–Kier alpha value is -3.77. The van der Waals surface area contributed by atoms with Crippen LogP contribution in [0.4, 0.5) is 0 Å². The van der Waals surface area contributed by atoms with Gasteiger partial charge >= 0.3 is 0 Å². The van der Waals surface area contributed by atoms with E-state index in [4.69, 9.17) is 0 Å². The molecular formula is C30H32N4O2. The number of carbonyl (C=O) groups excluding carboxylic acids is 1. The summed E-state index contributed by atoms with van der Waals surface area (Å²) in [5.74, 6) is -0.0980. The highest BCUT2D eigenvalue weighted by Crippen LogP contribution is 2.17. The third-order valence-electron chi connectivity index (χ3n) is 6.90. The van der Waals surface area contributed by atoms with Crippen molar-refractivity contribution >= 4 is 16.7 Å². The van der Waals surface area contributed by atoms with Crippen LogP contribution in [0.15, 0.2) is 89.7 Å². The van der Waals surface area contributed by atoms with Gasteiger partial charge in [-0.25, -0.2) is 4.68 Å². The third-order valence-corrected chi connectivity index (χ3v) is 6.90. The molecule has 184 valence electrons. The van der Waals surface area contributed by atoms with Crippen molar-refractivity contribution in [3.05, 3.63) is 112 Å². The first-order valence-electron chi connectivity index (χ1n) is 12.8. The van der Waals surface area contributed by atoms with Gasteiger partial charge in [-0.2, -0.15) is 5.10 Å². The highest BCUT2D eigenvalue weighted by atomic mass is 16.2. The summed E-state index contributed by atoms with van der Waals surface area (Å²) in [5, 5.41) is 5.76. The van der Waals surface area contributed by atoms with Crippen LogP contribution in [0.3, 0.4) is 0 Å². The molecular weight excluding hydrogens is 448 g/mol. The normalized spacial score (nSPS) is 14.6. The van der Waals surface area contributed by atoms with Crippen LogP contribution >= 0.6 is 0 Å². The van der Waals surface area contributed by atoms with Crippen molar-refractivity contribution in [3.63, 3.8) is 0 Å². The van der Waals surface area contributed by atoms with Crippen molar-refractivity contribution in [1.82, 2.24) is 19.6 Å². The molecule has 1 saturated heterocycles. The van der Waals surface area contributed by atoms with Gasteiger partial charge in [0.2, 0.25) is 0 Å². The number of aryl methyl sites for hydroxylation is 1. The van der Waals surface area contributed by atoms with Crippen LogP contribution < -0.4 is 5.56 Å². The highest BCUT2D eigenvalue weighted by molar-refractivity contribution is 6.04. The Kier molecular flexibility index (Phi) is 7.52. The average molecular weight is 481 g/mol. The number of rotatable bonds is 7. The molecule has 6 nitrogen and oxygen atoms in total. The zero-order valence-electron chi connectivity index (χ0n) is 20.6. The van der Waals surface area contributed by atoms with E-state index in [2.05, 4.69) is 40.3 Å². The van der Waals surface area contributed by atoms with Gasteiger partial charge in [0, 0.05) is 25.0 Å². The molecule has 0 spiro atoms. The molecule has 6 heteroatoms. The van der Waals surface area contributed by atoms with Crippen LogP contribution in [-0.2, 0) is 13.0 Å². The maximum absolute atomic E-state index is 13.7. The molecule has 2 heterocycles. The first-order valence-corrected chi connectivity index (χ1v) is 12.8. The van der Waals surface area contributed by atoms with Gasteiger partial charge in [0.1, 0.15) is 0 Å². The number of nitrogens with zero attached hydrogens (tertiary/aromatic N) is 4.